The normalized spacial score (nSPS) is 15.9. The van der Waals surface area contributed by atoms with E-state index in [9.17, 15) is 8.42 Å². The molecule has 154 valence electrons. The summed E-state index contributed by atoms with van der Waals surface area (Å²) in [6.07, 6.45) is 0.620. The maximum absolute atomic E-state index is 12.3. The topological polar surface area (TPSA) is 53.5 Å². The Kier molecular flexibility index (Phi) is 5.90. The molecule has 1 fully saturated rings. The van der Waals surface area contributed by atoms with Crippen LogP contribution in [0.5, 0.6) is 0 Å². The monoisotopic (exact) mass is 429 g/mol. The van der Waals surface area contributed by atoms with E-state index in [0.717, 1.165) is 49.8 Å². The van der Waals surface area contributed by atoms with Gasteiger partial charge in [0.05, 0.1) is 21.0 Å². The third kappa shape index (κ3) is 4.17. The molecule has 0 aliphatic carbocycles. The lowest BCUT2D eigenvalue weighted by Crippen LogP contribution is -2.46. The van der Waals surface area contributed by atoms with E-state index in [1.165, 1.54) is 10.1 Å². The minimum Gasteiger partial charge on any atom is -0.353 e. The SMILES string of the molecule is CCCS(=O)(=O)c1ccc(-c2cc3ccsc3c(N3CCN(CC)CC3)n2)cc1. The van der Waals surface area contributed by atoms with Gasteiger partial charge in [-0.25, -0.2) is 13.4 Å². The Morgan fingerprint density at radius 2 is 1.76 bits per heavy atom. The van der Waals surface area contributed by atoms with Crippen LogP contribution in [0, 0.1) is 0 Å². The van der Waals surface area contributed by atoms with Gasteiger partial charge in [0.1, 0.15) is 5.82 Å². The second-order valence-electron chi connectivity index (χ2n) is 7.43. The minimum atomic E-state index is -3.20. The van der Waals surface area contributed by atoms with Crippen LogP contribution in [0.3, 0.4) is 0 Å². The molecule has 4 rings (SSSR count). The van der Waals surface area contributed by atoms with Crippen molar-refractivity contribution in [2.24, 2.45) is 0 Å². The largest absolute Gasteiger partial charge is 0.353 e. The Morgan fingerprint density at radius 1 is 1.03 bits per heavy atom. The summed E-state index contributed by atoms with van der Waals surface area (Å²) < 4.78 is 25.8. The minimum absolute atomic E-state index is 0.180. The molecular formula is C22H27N3O2S2. The smallest absolute Gasteiger partial charge is 0.178 e. The average Bonchev–Trinajstić information content (AvgIpc) is 3.22. The number of aromatic nitrogens is 1. The Labute approximate surface area is 176 Å². The molecule has 3 heterocycles. The fourth-order valence-corrected chi connectivity index (χ4v) is 6.03. The Hall–Kier alpha value is -1.96. The van der Waals surface area contributed by atoms with Crippen LogP contribution in [0.15, 0.2) is 46.7 Å². The molecular weight excluding hydrogens is 402 g/mol. The first-order valence-corrected chi connectivity index (χ1v) is 12.7. The van der Waals surface area contributed by atoms with Crippen molar-refractivity contribution in [1.82, 2.24) is 9.88 Å². The van der Waals surface area contributed by atoms with Crippen molar-refractivity contribution in [2.45, 2.75) is 25.2 Å². The molecule has 1 aromatic carbocycles. The van der Waals surface area contributed by atoms with Gasteiger partial charge in [0.2, 0.25) is 0 Å². The summed E-state index contributed by atoms with van der Waals surface area (Å²) in [7, 11) is -3.20. The highest BCUT2D eigenvalue weighted by atomic mass is 32.2. The molecule has 7 heteroatoms. The van der Waals surface area contributed by atoms with Gasteiger partial charge >= 0.3 is 0 Å². The highest BCUT2D eigenvalue weighted by Crippen LogP contribution is 2.34. The van der Waals surface area contributed by atoms with Gasteiger partial charge in [0.25, 0.3) is 0 Å². The molecule has 0 atom stereocenters. The Balaban J connectivity index is 1.68. The van der Waals surface area contributed by atoms with Crippen molar-refractivity contribution in [3.63, 3.8) is 0 Å². The molecule has 0 N–H and O–H groups in total. The van der Waals surface area contributed by atoms with E-state index >= 15 is 0 Å². The first kappa shape index (κ1) is 20.3. The number of fused-ring (bicyclic) bond motifs is 1. The van der Waals surface area contributed by atoms with Crippen LogP contribution >= 0.6 is 11.3 Å². The van der Waals surface area contributed by atoms with Crippen LogP contribution in [-0.4, -0.2) is 56.8 Å². The summed E-state index contributed by atoms with van der Waals surface area (Å²) in [5.74, 6) is 1.23. The quantitative estimate of drug-likeness (QED) is 0.585. The second-order valence-corrected chi connectivity index (χ2v) is 10.5. The number of thiophene rings is 1. The standard InChI is InChI=1S/C22H27N3O2S2/c1-3-15-29(26,27)19-7-5-17(6-8-19)20-16-18-9-14-28-21(18)22(23-20)25-12-10-24(4-2)11-13-25/h5-9,14,16H,3-4,10-13,15H2,1-2H3. The molecule has 0 spiro atoms. The summed E-state index contributed by atoms with van der Waals surface area (Å²) in [5, 5.41) is 3.30. The molecule has 0 saturated carbocycles. The average molecular weight is 430 g/mol. The summed E-state index contributed by atoms with van der Waals surface area (Å²) >= 11 is 1.73. The molecule has 1 aliphatic rings. The van der Waals surface area contributed by atoms with Crippen LogP contribution in [0.25, 0.3) is 21.3 Å². The van der Waals surface area contributed by atoms with Crippen molar-refractivity contribution in [3.05, 3.63) is 41.8 Å². The lowest BCUT2D eigenvalue weighted by atomic mass is 10.1. The molecule has 29 heavy (non-hydrogen) atoms. The number of anilines is 1. The molecule has 1 saturated heterocycles. The van der Waals surface area contributed by atoms with Crippen molar-refractivity contribution < 1.29 is 8.42 Å². The summed E-state index contributed by atoms with van der Waals surface area (Å²) in [6.45, 7) is 9.24. The van der Waals surface area contributed by atoms with Crippen LogP contribution in [0.4, 0.5) is 5.82 Å². The molecule has 5 nitrogen and oxygen atoms in total. The predicted octanol–water partition coefficient (Wildman–Crippen LogP) is 4.29. The van der Waals surface area contributed by atoms with Gasteiger partial charge in [0.15, 0.2) is 9.84 Å². The van der Waals surface area contributed by atoms with Crippen LogP contribution in [0.2, 0.25) is 0 Å². The zero-order chi connectivity index (χ0) is 20.4. The molecule has 0 bridgehead atoms. The fraction of sp³-hybridized carbons (Fsp3) is 0.409. The Morgan fingerprint density at radius 3 is 2.41 bits per heavy atom. The zero-order valence-corrected chi connectivity index (χ0v) is 18.6. The summed E-state index contributed by atoms with van der Waals surface area (Å²) in [5.41, 5.74) is 1.84. The lowest BCUT2D eigenvalue weighted by molar-refractivity contribution is 0.271. The van der Waals surface area contributed by atoms with Crippen LogP contribution < -0.4 is 4.90 Å². The Bertz CT molecular complexity index is 1080. The van der Waals surface area contributed by atoms with Crippen molar-refractivity contribution in [3.8, 4) is 11.3 Å². The van der Waals surface area contributed by atoms with Gasteiger partial charge in [0, 0.05) is 31.7 Å². The molecule has 0 amide bonds. The van der Waals surface area contributed by atoms with Gasteiger partial charge < -0.3 is 9.80 Å². The lowest BCUT2D eigenvalue weighted by Gasteiger charge is -2.35. The van der Waals surface area contributed by atoms with Gasteiger partial charge in [-0.3, -0.25) is 0 Å². The molecule has 0 radical (unpaired) electrons. The number of hydrogen-bond donors (Lipinski definition) is 0. The van der Waals surface area contributed by atoms with Crippen LogP contribution in [-0.2, 0) is 9.84 Å². The zero-order valence-electron chi connectivity index (χ0n) is 17.0. The molecule has 3 aromatic rings. The van der Waals surface area contributed by atoms with E-state index in [-0.39, 0.29) is 5.75 Å². The second kappa shape index (κ2) is 8.42. The third-order valence-electron chi connectivity index (χ3n) is 5.52. The van der Waals surface area contributed by atoms with Gasteiger partial charge in [-0.05, 0) is 48.0 Å². The number of piperazine rings is 1. The van der Waals surface area contributed by atoms with Crippen molar-refractivity contribution in [1.29, 1.82) is 0 Å². The van der Waals surface area contributed by atoms with Crippen molar-refractivity contribution >= 4 is 37.1 Å². The third-order valence-corrected chi connectivity index (χ3v) is 8.38. The van der Waals surface area contributed by atoms with E-state index in [0.29, 0.717) is 11.3 Å². The van der Waals surface area contributed by atoms with Crippen molar-refractivity contribution in [2.75, 3.05) is 43.4 Å². The number of benzene rings is 1. The maximum Gasteiger partial charge on any atom is 0.178 e. The van der Waals surface area contributed by atoms with E-state index in [4.69, 9.17) is 4.98 Å². The highest BCUT2D eigenvalue weighted by molar-refractivity contribution is 7.91. The van der Waals surface area contributed by atoms with Gasteiger partial charge in [-0.1, -0.05) is 26.0 Å². The number of nitrogens with zero attached hydrogens (tertiary/aromatic N) is 3. The number of likely N-dealkylation sites (N-methyl/N-ethyl adjacent to an activating group) is 1. The fourth-order valence-electron chi connectivity index (χ4n) is 3.82. The van der Waals surface area contributed by atoms with E-state index < -0.39 is 9.84 Å². The number of sulfone groups is 1. The maximum atomic E-state index is 12.3. The van der Waals surface area contributed by atoms with Gasteiger partial charge in [-0.2, -0.15) is 0 Å². The highest BCUT2D eigenvalue weighted by Gasteiger charge is 2.21. The van der Waals surface area contributed by atoms with E-state index in [1.807, 2.05) is 19.1 Å². The first-order valence-electron chi connectivity index (χ1n) is 10.2. The summed E-state index contributed by atoms with van der Waals surface area (Å²) in [4.78, 5) is 10.2. The van der Waals surface area contributed by atoms with E-state index in [2.05, 4.69) is 34.2 Å². The van der Waals surface area contributed by atoms with Crippen LogP contribution in [0.1, 0.15) is 20.3 Å². The van der Waals surface area contributed by atoms with E-state index in [1.54, 1.807) is 23.5 Å². The summed E-state index contributed by atoms with van der Waals surface area (Å²) in [6, 6.07) is 11.4. The molecule has 2 aromatic heterocycles. The molecule has 1 aliphatic heterocycles. The molecule has 0 unspecified atom stereocenters. The number of rotatable bonds is 6. The number of pyridine rings is 1. The predicted molar refractivity (Wildman–Crippen MR) is 122 cm³/mol. The van der Waals surface area contributed by atoms with Gasteiger partial charge in [-0.15, -0.1) is 11.3 Å². The first-order chi connectivity index (χ1) is 14.0. The number of hydrogen-bond acceptors (Lipinski definition) is 6.